The number of urea groups is 1. The Balaban J connectivity index is 1.26. The maximum atomic E-state index is 14.1. The van der Waals surface area contributed by atoms with E-state index in [0.717, 1.165) is 36.6 Å². The average molecular weight is 423 g/mol. The largest absolute Gasteiger partial charge is 0.373 e. The van der Waals surface area contributed by atoms with Crippen LogP contribution in [0.25, 0.3) is 0 Å². The summed E-state index contributed by atoms with van der Waals surface area (Å²) in [7, 11) is 1.84. The Hall–Kier alpha value is -3.29. The number of amides is 3. The lowest BCUT2D eigenvalue weighted by Crippen LogP contribution is -2.52. The van der Waals surface area contributed by atoms with E-state index in [9.17, 15) is 14.0 Å². The molecule has 3 aliphatic heterocycles. The number of anilines is 3. The van der Waals surface area contributed by atoms with Gasteiger partial charge in [0.1, 0.15) is 11.9 Å². The molecule has 8 heteroatoms. The lowest BCUT2D eigenvalue weighted by atomic mass is 10.1. The molecule has 2 aromatic carbocycles. The fourth-order valence-electron chi connectivity index (χ4n) is 4.85. The molecule has 0 spiro atoms. The average Bonchev–Trinajstić information content (AvgIpc) is 3.34. The first-order chi connectivity index (χ1) is 14.9. The predicted molar refractivity (Wildman–Crippen MR) is 118 cm³/mol. The van der Waals surface area contributed by atoms with Crippen molar-refractivity contribution >= 4 is 29.0 Å². The quantitative estimate of drug-likeness (QED) is 0.797. The zero-order valence-electron chi connectivity index (χ0n) is 17.7. The number of rotatable bonds is 3. The van der Waals surface area contributed by atoms with Crippen LogP contribution in [0.2, 0.25) is 0 Å². The van der Waals surface area contributed by atoms with E-state index < -0.39 is 6.04 Å². The number of aryl methyl sites for hydroxylation is 1. The predicted octanol–water partition coefficient (Wildman–Crippen LogP) is 2.67. The third-order valence-electron chi connectivity index (χ3n) is 6.53. The number of piperazine rings is 1. The molecule has 3 amide bonds. The summed E-state index contributed by atoms with van der Waals surface area (Å²) in [4.78, 5) is 31.0. The lowest BCUT2D eigenvalue weighted by Gasteiger charge is -2.37. The zero-order valence-corrected chi connectivity index (χ0v) is 17.7. The second kappa shape index (κ2) is 7.44. The van der Waals surface area contributed by atoms with Crippen LogP contribution in [0, 0.1) is 12.7 Å². The van der Waals surface area contributed by atoms with Crippen LogP contribution in [-0.2, 0) is 11.2 Å². The highest BCUT2D eigenvalue weighted by Crippen LogP contribution is 2.32. The molecule has 31 heavy (non-hydrogen) atoms. The first kappa shape index (κ1) is 19.7. The van der Waals surface area contributed by atoms with Gasteiger partial charge in [0.15, 0.2) is 0 Å². The van der Waals surface area contributed by atoms with Gasteiger partial charge in [-0.1, -0.05) is 12.1 Å². The molecule has 7 nitrogen and oxygen atoms in total. The van der Waals surface area contributed by atoms with E-state index in [1.807, 2.05) is 43.1 Å². The minimum absolute atomic E-state index is 0.0994. The lowest BCUT2D eigenvalue weighted by molar-refractivity contribution is -0.116. The van der Waals surface area contributed by atoms with E-state index in [2.05, 4.69) is 15.5 Å². The van der Waals surface area contributed by atoms with Crippen molar-refractivity contribution in [2.24, 2.45) is 0 Å². The number of nitrogens with zero attached hydrogens (tertiary/aromatic N) is 3. The molecule has 5 rings (SSSR count). The summed E-state index contributed by atoms with van der Waals surface area (Å²) in [6, 6.07) is 10.7. The van der Waals surface area contributed by atoms with Crippen molar-refractivity contribution in [1.82, 2.24) is 9.80 Å². The summed E-state index contributed by atoms with van der Waals surface area (Å²) in [5.74, 6) is -0.458. The summed E-state index contributed by atoms with van der Waals surface area (Å²) in [5.41, 5.74) is 3.96. The fourth-order valence-corrected chi connectivity index (χ4v) is 4.85. The first-order valence-corrected chi connectivity index (χ1v) is 10.6. The van der Waals surface area contributed by atoms with E-state index in [1.165, 1.54) is 6.07 Å². The molecular weight excluding hydrogens is 397 g/mol. The van der Waals surface area contributed by atoms with Crippen LogP contribution >= 0.6 is 0 Å². The number of likely N-dealkylation sites (N-methyl/N-ethyl adjacent to an activating group) is 1. The molecule has 3 heterocycles. The van der Waals surface area contributed by atoms with Crippen molar-refractivity contribution in [2.75, 3.05) is 48.8 Å². The highest BCUT2D eigenvalue weighted by atomic mass is 19.1. The van der Waals surface area contributed by atoms with Gasteiger partial charge >= 0.3 is 6.03 Å². The standard InChI is InChI=1S/C23H26FN5O2/c1-14-6-7-19(24)18-11-20(26-21(14)18)22(30)25-15-4-3-5-16(10-15)28-8-9-29-17(13-28)12-27(2)23(29)31/h3-7,10,17,20,26H,8-9,11-13H2,1-2H3,(H,25,30). The molecule has 2 N–H and O–H groups in total. The Morgan fingerprint density at radius 2 is 2.03 bits per heavy atom. The fraction of sp³-hybridized carbons (Fsp3) is 0.391. The molecule has 2 saturated heterocycles. The van der Waals surface area contributed by atoms with Crippen LogP contribution in [0.15, 0.2) is 36.4 Å². The van der Waals surface area contributed by atoms with E-state index >= 15 is 0 Å². The Morgan fingerprint density at radius 3 is 2.84 bits per heavy atom. The van der Waals surface area contributed by atoms with Gasteiger partial charge in [-0.3, -0.25) is 4.79 Å². The summed E-state index contributed by atoms with van der Waals surface area (Å²) >= 11 is 0. The molecule has 2 unspecified atom stereocenters. The minimum atomic E-state index is -0.502. The SMILES string of the molecule is Cc1ccc(F)c2c1NC(C(=O)Nc1cccc(N3CCN4C(=O)N(C)CC4C3)c1)C2. The van der Waals surface area contributed by atoms with E-state index in [-0.39, 0.29) is 23.8 Å². The van der Waals surface area contributed by atoms with Gasteiger partial charge in [0.2, 0.25) is 5.91 Å². The minimum Gasteiger partial charge on any atom is -0.373 e. The summed E-state index contributed by atoms with van der Waals surface area (Å²) < 4.78 is 14.1. The van der Waals surface area contributed by atoms with Crippen molar-refractivity contribution in [2.45, 2.75) is 25.4 Å². The van der Waals surface area contributed by atoms with E-state index in [4.69, 9.17) is 0 Å². The Morgan fingerprint density at radius 1 is 1.19 bits per heavy atom. The number of fused-ring (bicyclic) bond motifs is 2. The van der Waals surface area contributed by atoms with Gasteiger partial charge in [-0.05, 0) is 36.8 Å². The van der Waals surface area contributed by atoms with Crippen LogP contribution in [0.4, 0.5) is 26.2 Å². The van der Waals surface area contributed by atoms with Gasteiger partial charge in [-0.15, -0.1) is 0 Å². The van der Waals surface area contributed by atoms with Gasteiger partial charge < -0.3 is 25.3 Å². The molecule has 2 fully saturated rings. The molecule has 0 bridgehead atoms. The van der Waals surface area contributed by atoms with Crippen LogP contribution in [0.1, 0.15) is 11.1 Å². The second-order valence-electron chi connectivity index (χ2n) is 8.61. The smallest absolute Gasteiger partial charge is 0.320 e. The molecule has 2 atom stereocenters. The van der Waals surface area contributed by atoms with Crippen LogP contribution in [-0.4, -0.2) is 67.0 Å². The van der Waals surface area contributed by atoms with Gasteiger partial charge in [0.25, 0.3) is 0 Å². The number of carbonyl (C=O) groups is 2. The number of benzene rings is 2. The summed E-state index contributed by atoms with van der Waals surface area (Å²) in [6.07, 6.45) is 0.333. The van der Waals surface area contributed by atoms with Gasteiger partial charge in [-0.25, -0.2) is 9.18 Å². The van der Waals surface area contributed by atoms with Crippen LogP contribution in [0.5, 0.6) is 0 Å². The highest BCUT2D eigenvalue weighted by Gasteiger charge is 2.39. The van der Waals surface area contributed by atoms with Gasteiger partial charge in [0.05, 0.1) is 6.04 Å². The van der Waals surface area contributed by atoms with E-state index in [1.54, 1.807) is 11.0 Å². The summed E-state index contributed by atoms with van der Waals surface area (Å²) in [5, 5.41) is 6.14. The first-order valence-electron chi connectivity index (χ1n) is 10.6. The topological polar surface area (TPSA) is 67.9 Å². The van der Waals surface area contributed by atoms with Crippen molar-refractivity contribution < 1.29 is 14.0 Å². The van der Waals surface area contributed by atoms with Crippen molar-refractivity contribution in [3.63, 3.8) is 0 Å². The number of nitrogens with one attached hydrogen (secondary N) is 2. The monoisotopic (exact) mass is 423 g/mol. The second-order valence-corrected chi connectivity index (χ2v) is 8.61. The maximum absolute atomic E-state index is 14.1. The van der Waals surface area contributed by atoms with Gasteiger partial charge in [0, 0.05) is 62.3 Å². The molecule has 2 aromatic rings. The molecule has 0 aliphatic carbocycles. The molecule has 3 aliphatic rings. The highest BCUT2D eigenvalue weighted by molar-refractivity contribution is 5.98. The number of hydrogen-bond acceptors (Lipinski definition) is 4. The van der Waals surface area contributed by atoms with Gasteiger partial charge in [-0.2, -0.15) is 0 Å². The molecule has 0 aromatic heterocycles. The van der Waals surface area contributed by atoms with Crippen molar-refractivity contribution in [3.8, 4) is 0 Å². The summed E-state index contributed by atoms with van der Waals surface area (Å²) in [6.45, 7) is 4.86. The number of carbonyl (C=O) groups excluding carboxylic acids is 2. The third-order valence-corrected chi connectivity index (χ3v) is 6.53. The van der Waals surface area contributed by atoms with Crippen molar-refractivity contribution in [1.29, 1.82) is 0 Å². The zero-order chi connectivity index (χ0) is 21.7. The molecule has 0 radical (unpaired) electrons. The molecule has 162 valence electrons. The Kier molecular flexibility index (Phi) is 4.72. The molecule has 0 saturated carbocycles. The number of halogens is 1. The van der Waals surface area contributed by atoms with E-state index in [0.29, 0.717) is 24.2 Å². The molecular formula is C23H26FN5O2. The van der Waals surface area contributed by atoms with Crippen LogP contribution in [0.3, 0.4) is 0 Å². The number of hydrogen-bond donors (Lipinski definition) is 2. The van der Waals surface area contributed by atoms with Crippen LogP contribution < -0.4 is 15.5 Å². The Labute approximate surface area is 180 Å². The van der Waals surface area contributed by atoms with Crippen molar-refractivity contribution in [3.05, 3.63) is 53.3 Å². The third kappa shape index (κ3) is 3.45. The maximum Gasteiger partial charge on any atom is 0.320 e. The normalized spacial score (nSPS) is 22.3. The Bertz CT molecular complexity index is 1030.